The van der Waals surface area contributed by atoms with Gasteiger partial charge in [0, 0.05) is 17.7 Å². The van der Waals surface area contributed by atoms with Gasteiger partial charge in [0.05, 0.1) is 6.10 Å². The number of Topliss-reactive ketones (excluding diaryl/α,β-unsaturated/α-hetero) is 1. The van der Waals surface area contributed by atoms with E-state index in [0.29, 0.717) is 24.2 Å². The Morgan fingerprint density at radius 2 is 2.06 bits per heavy atom. The molecule has 0 amide bonds. The molecule has 4 aliphatic rings. The number of fused-ring (bicyclic) bond motifs is 2. The molecule has 184 valence electrons. The predicted molar refractivity (Wildman–Crippen MR) is 126 cm³/mol. The summed E-state index contributed by atoms with van der Waals surface area (Å²) in [5, 5.41) is 32.6. The number of nitrogens with one attached hydrogen (secondary N) is 1. The van der Waals surface area contributed by atoms with Crippen molar-refractivity contribution < 1.29 is 24.9 Å². The average Bonchev–Trinajstić information content (AvgIpc) is 3.61. The average molecular weight is 470 g/mol. The smallest absolute Gasteiger partial charge is 0.262 e. The molecule has 1 aromatic heterocycles. The Morgan fingerprint density at radius 3 is 2.79 bits per heavy atom. The van der Waals surface area contributed by atoms with Gasteiger partial charge in [-0.15, -0.1) is 0 Å². The second-order valence-electron chi connectivity index (χ2n) is 10.9. The van der Waals surface area contributed by atoms with Gasteiger partial charge in [-0.25, -0.2) is 0 Å². The molecule has 7 nitrogen and oxygen atoms in total. The van der Waals surface area contributed by atoms with E-state index in [0.717, 1.165) is 12.8 Å². The summed E-state index contributed by atoms with van der Waals surface area (Å²) in [6.07, 6.45) is 9.23. The first-order valence-electron chi connectivity index (χ1n) is 12.5. The van der Waals surface area contributed by atoms with Crippen LogP contribution in [-0.2, 0) is 10.3 Å². The van der Waals surface area contributed by atoms with Crippen molar-refractivity contribution in [2.24, 2.45) is 29.6 Å². The van der Waals surface area contributed by atoms with Crippen LogP contribution in [0.2, 0.25) is 0 Å². The number of hydrogen-bond donors (Lipinski definition) is 4. The number of rotatable bonds is 4. The summed E-state index contributed by atoms with van der Waals surface area (Å²) in [5.41, 5.74) is -1.28. The first kappa shape index (κ1) is 23.5. The molecule has 5 rings (SSSR count). The lowest BCUT2D eigenvalue weighted by atomic mass is 9.59. The molecule has 1 saturated heterocycles. The van der Waals surface area contributed by atoms with Crippen LogP contribution in [0.15, 0.2) is 34.8 Å². The fraction of sp³-hybridized carbons (Fsp3) is 0.630. The van der Waals surface area contributed by atoms with E-state index in [1.165, 1.54) is 18.2 Å². The van der Waals surface area contributed by atoms with E-state index in [2.05, 4.69) is 24.9 Å². The topological polar surface area (TPSA) is 123 Å². The molecule has 0 aromatic carbocycles. The van der Waals surface area contributed by atoms with Crippen LogP contribution in [0.5, 0.6) is 5.75 Å². The lowest BCUT2D eigenvalue weighted by molar-refractivity contribution is -0.0231. The van der Waals surface area contributed by atoms with Gasteiger partial charge in [0.1, 0.15) is 29.1 Å². The predicted octanol–water partition coefficient (Wildman–Crippen LogP) is 3.19. The zero-order valence-corrected chi connectivity index (χ0v) is 20.0. The summed E-state index contributed by atoms with van der Waals surface area (Å²) >= 11 is 0. The summed E-state index contributed by atoms with van der Waals surface area (Å²) in [7, 11) is 0. The molecular formula is C27H35NO6. The number of aromatic hydroxyl groups is 1. The van der Waals surface area contributed by atoms with Crippen molar-refractivity contribution in [1.82, 2.24) is 4.98 Å². The minimum absolute atomic E-state index is 0.0551. The molecule has 0 spiro atoms. The number of aliphatic hydroxyl groups is 2. The highest BCUT2D eigenvalue weighted by atomic mass is 16.6. The van der Waals surface area contributed by atoms with Crippen molar-refractivity contribution in [3.8, 4) is 5.75 Å². The molecule has 1 aliphatic heterocycles. The standard InChI is InChI=1S/C27H35NO6/c1-4-5-16-17-10-13(2)6-7-15(17)14(3)11-18(16)22(30)21-23(31)19(12-28-26(21)32)27(33)9-8-20(29)24-25(27)34-24/h4-5,11-13,15-18,20,24-25,29,33H,6-10H2,1-3H3,(H2,28,31,32)/b5-4+/t13-,15+,16+,17-,18+,20+,24-,25-,27+/m0/s1. The number of aliphatic hydroxyl groups excluding tert-OH is 1. The summed E-state index contributed by atoms with van der Waals surface area (Å²) in [6.45, 7) is 6.27. The lowest BCUT2D eigenvalue weighted by Gasteiger charge is -2.45. The molecule has 0 unspecified atom stereocenters. The molecule has 2 saturated carbocycles. The van der Waals surface area contributed by atoms with E-state index in [1.54, 1.807) is 0 Å². The molecular weight excluding hydrogens is 434 g/mol. The molecule has 1 aromatic rings. The summed E-state index contributed by atoms with van der Waals surface area (Å²) in [5.74, 6) is -0.193. The maximum atomic E-state index is 13.9. The Bertz CT molecular complexity index is 1100. The molecule has 2 heterocycles. The minimum Gasteiger partial charge on any atom is -0.507 e. The Morgan fingerprint density at radius 1 is 1.29 bits per heavy atom. The summed E-state index contributed by atoms with van der Waals surface area (Å²) in [4.78, 5) is 29.3. The van der Waals surface area contributed by atoms with Gasteiger partial charge in [-0.3, -0.25) is 9.59 Å². The minimum atomic E-state index is -1.57. The van der Waals surface area contributed by atoms with Gasteiger partial charge in [0.25, 0.3) is 5.56 Å². The molecule has 34 heavy (non-hydrogen) atoms. The van der Waals surface area contributed by atoms with E-state index in [-0.39, 0.29) is 23.5 Å². The quantitative estimate of drug-likeness (QED) is 0.305. The second kappa shape index (κ2) is 8.47. The van der Waals surface area contributed by atoms with Crippen molar-refractivity contribution >= 4 is 5.78 Å². The van der Waals surface area contributed by atoms with E-state index in [9.17, 15) is 24.9 Å². The van der Waals surface area contributed by atoms with Crippen LogP contribution < -0.4 is 5.56 Å². The van der Waals surface area contributed by atoms with E-state index < -0.39 is 46.9 Å². The molecule has 0 radical (unpaired) electrons. The highest BCUT2D eigenvalue weighted by Gasteiger charge is 2.62. The summed E-state index contributed by atoms with van der Waals surface area (Å²) in [6, 6.07) is 0. The van der Waals surface area contributed by atoms with Gasteiger partial charge in [-0.05, 0) is 63.2 Å². The van der Waals surface area contributed by atoms with Gasteiger partial charge in [-0.2, -0.15) is 0 Å². The van der Waals surface area contributed by atoms with Crippen molar-refractivity contribution in [1.29, 1.82) is 0 Å². The molecule has 7 heteroatoms. The number of allylic oxidation sites excluding steroid dienone is 4. The largest absolute Gasteiger partial charge is 0.507 e. The van der Waals surface area contributed by atoms with Gasteiger partial charge in [-0.1, -0.05) is 37.1 Å². The van der Waals surface area contributed by atoms with Gasteiger partial charge < -0.3 is 25.0 Å². The van der Waals surface area contributed by atoms with Crippen molar-refractivity contribution in [3.63, 3.8) is 0 Å². The Kier molecular flexibility index (Phi) is 5.86. The number of hydrogen-bond acceptors (Lipinski definition) is 6. The number of aromatic amines is 1. The highest BCUT2D eigenvalue weighted by Crippen LogP contribution is 2.52. The monoisotopic (exact) mass is 469 g/mol. The number of ketones is 1. The van der Waals surface area contributed by atoms with Crippen LogP contribution in [-0.4, -0.2) is 44.4 Å². The fourth-order valence-corrected chi connectivity index (χ4v) is 6.94. The maximum absolute atomic E-state index is 13.9. The van der Waals surface area contributed by atoms with Crippen LogP contribution in [0.3, 0.4) is 0 Å². The van der Waals surface area contributed by atoms with Crippen LogP contribution in [0.25, 0.3) is 0 Å². The van der Waals surface area contributed by atoms with Crippen LogP contribution in [0, 0.1) is 29.6 Å². The highest BCUT2D eigenvalue weighted by molar-refractivity contribution is 6.01. The normalized spacial score (nSPS) is 41.5. The SMILES string of the molecule is C/C=C/[C@@H]1[C@H]2C[C@@H](C)CC[C@@H]2C(C)=C[C@H]1C(=O)c1c(O)c([C@]2(O)CC[C@@H](O)[C@@H]3O[C@@H]32)c[nH]c1=O. The van der Waals surface area contributed by atoms with Crippen molar-refractivity contribution in [2.75, 3.05) is 0 Å². The van der Waals surface area contributed by atoms with Gasteiger partial charge in [0.15, 0.2) is 5.78 Å². The first-order chi connectivity index (χ1) is 16.2. The van der Waals surface area contributed by atoms with E-state index in [4.69, 9.17) is 4.74 Å². The molecule has 3 fully saturated rings. The van der Waals surface area contributed by atoms with E-state index >= 15 is 0 Å². The third kappa shape index (κ3) is 3.60. The van der Waals surface area contributed by atoms with Crippen LogP contribution >= 0.6 is 0 Å². The number of carbonyl (C=O) groups is 1. The van der Waals surface area contributed by atoms with Crippen molar-refractivity contribution in [2.45, 2.75) is 76.8 Å². The third-order valence-corrected chi connectivity index (χ3v) is 8.79. The maximum Gasteiger partial charge on any atom is 0.262 e. The zero-order valence-electron chi connectivity index (χ0n) is 20.0. The first-order valence-corrected chi connectivity index (χ1v) is 12.5. The van der Waals surface area contributed by atoms with Crippen molar-refractivity contribution in [3.05, 3.63) is 51.5 Å². The molecule has 4 N–H and O–H groups in total. The Labute approximate surface area is 199 Å². The summed E-state index contributed by atoms with van der Waals surface area (Å²) < 4.78 is 5.49. The number of H-pyrrole nitrogens is 1. The van der Waals surface area contributed by atoms with Crippen LogP contribution in [0.4, 0.5) is 0 Å². The molecule has 0 bridgehead atoms. The Balaban J connectivity index is 1.55. The van der Waals surface area contributed by atoms with Gasteiger partial charge in [0.2, 0.25) is 0 Å². The number of carbonyl (C=O) groups excluding carboxylic acids is 1. The fourth-order valence-electron chi connectivity index (χ4n) is 6.94. The zero-order chi connectivity index (χ0) is 24.4. The number of aromatic nitrogens is 1. The second-order valence-corrected chi connectivity index (χ2v) is 10.9. The number of ether oxygens (including phenoxy) is 1. The van der Waals surface area contributed by atoms with Gasteiger partial charge >= 0.3 is 0 Å². The van der Waals surface area contributed by atoms with Crippen LogP contribution in [0.1, 0.15) is 68.8 Å². The molecule has 3 aliphatic carbocycles. The number of epoxide rings is 1. The number of pyridine rings is 1. The lowest BCUT2D eigenvalue weighted by Crippen LogP contribution is -2.43. The third-order valence-electron chi connectivity index (χ3n) is 8.79. The Hall–Kier alpha value is -2.22. The van der Waals surface area contributed by atoms with E-state index in [1.807, 2.05) is 19.1 Å². The molecule has 9 atom stereocenters.